The minimum absolute atomic E-state index is 0.507. The molecule has 0 aliphatic heterocycles. The maximum absolute atomic E-state index is 5.37. The van der Waals surface area contributed by atoms with Crippen molar-refractivity contribution in [1.29, 1.82) is 0 Å². The quantitative estimate of drug-likeness (QED) is 0.597. The molecule has 0 atom stereocenters. The number of para-hydroxylation sites is 1. The topological polar surface area (TPSA) is 64.1 Å². The van der Waals surface area contributed by atoms with Gasteiger partial charge >= 0.3 is 0 Å². The van der Waals surface area contributed by atoms with E-state index in [0.717, 1.165) is 23.5 Å². The largest absolute Gasteiger partial charge is 0.496 e. The zero-order valence-corrected chi connectivity index (χ0v) is 15.1. The zero-order valence-electron chi connectivity index (χ0n) is 15.1. The molecular formula is C19H25N3O3. The molecule has 0 radical (unpaired) electrons. The van der Waals surface area contributed by atoms with Gasteiger partial charge in [0.15, 0.2) is 17.5 Å². The van der Waals surface area contributed by atoms with E-state index in [-0.39, 0.29) is 0 Å². The van der Waals surface area contributed by atoms with Gasteiger partial charge in [0.1, 0.15) is 5.75 Å². The summed E-state index contributed by atoms with van der Waals surface area (Å²) in [7, 11) is 4.89. The standard InChI is InChI=1S/C19H25N3O3/c1-5-20-19(21-13-14-8-6-7-9-16(14)23-2)22-15-10-11-17(24-3)18(12-15)25-4/h6-12H,5,13H2,1-4H3,(H2,20,21,22). The molecular weight excluding hydrogens is 318 g/mol. The highest BCUT2D eigenvalue weighted by Gasteiger charge is 2.07. The Balaban J connectivity index is 2.17. The van der Waals surface area contributed by atoms with Gasteiger partial charge < -0.3 is 24.8 Å². The van der Waals surface area contributed by atoms with Crippen LogP contribution in [0, 0.1) is 0 Å². The number of nitrogens with one attached hydrogen (secondary N) is 2. The normalized spacial score (nSPS) is 11.0. The smallest absolute Gasteiger partial charge is 0.196 e. The van der Waals surface area contributed by atoms with Crippen LogP contribution in [0.2, 0.25) is 0 Å². The fraction of sp³-hybridized carbons (Fsp3) is 0.316. The SMILES string of the molecule is CCNC(=NCc1ccccc1OC)Nc1ccc(OC)c(OC)c1. The summed E-state index contributed by atoms with van der Waals surface area (Å²) >= 11 is 0. The molecule has 0 unspecified atom stereocenters. The number of benzene rings is 2. The highest BCUT2D eigenvalue weighted by atomic mass is 16.5. The van der Waals surface area contributed by atoms with E-state index in [4.69, 9.17) is 14.2 Å². The fourth-order valence-corrected chi connectivity index (χ4v) is 2.36. The molecule has 2 aromatic rings. The van der Waals surface area contributed by atoms with E-state index >= 15 is 0 Å². The number of rotatable bonds is 7. The lowest BCUT2D eigenvalue weighted by molar-refractivity contribution is 0.355. The van der Waals surface area contributed by atoms with Gasteiger partial charge in [-0.05, 0) is 25.1 Å². The predicted molar refractivity (Wildman–Crippen MR) is 101 cm³/mol. The third-order valence-electron chi connectivity index (χ3n) is 3.59. The molecule has 0 heterocycles. The Morgan fingerprint density at radius 1 is 0.920 bits per heavy atom. The molecule has 0 bridgehead atoms. The van der Waals surface area contributed by atoms with E-state index in [2.05, 4.69) is 15.6 Å². The first-order valence-corrected chi connectivity index (χ1v) is 8.11. The van der Waals surface area contributed by atoms with Crippen molar-refractivity contribution in [2.45, 2.75) is 13.5 Å². The molecule has 0 saturated heterocycles. The highest BCUT2D eigenvalue weighted by Crippen LogP contribution is 2.29. The first kappa shape index (κ1) is 18.4. The Labute approximate surface area is 148 Å². The van der Waals surface area contributed by atoms with E-state index < -0.39 is 0 Å². The first-order valence-electron chi connectivity index (χ1n) is 8.11. The van der Waals surface area contributed by atoms with Crippen LogP contribution >= 0.6 is 0 Å². The Hall–Kier alpha value is -2.89. The molecule has 2 N–H and O–H groups in total. The van der Waals surface area contributed by atoms with Gasteiger partial charge in [0.2, 0.25) is 0 Å². The van der Waals surface area contributed by atoms with E-state index in [9.17, 15) is 0 Å². The Kier molecular flexibility index (Phi) is 6.95. The second-order valence-electron chi connectivity index (χ2n) is 5.20. The van der Waals surface area contributed by atoms with Gasteiger partial charge in [-0.3, -0.25) is 0 Å². The van der Waals surface area contributed by atoms with E-state index in [1.807, 2.05) is 49.4 Å². The van der Waals surface area contributed by atoms with Gasteiger partial charge in [0.05, 0.1) is 27.9 Å². The van der Waals surface area contributed by atoms with Crippen molar-refractivity contribution in [2.75, 3.05) is 33.2 Å². The Morgan fingerprint density at radius 3 is 2.32 bits per heavy atom. The van der Waals surface area contributed by atoms with Crippen molar-refractivity contribution in [3.63, 3.8) is 0 Å². The lowest BCUT2D eigenvalue weighted by Gasteiger charge is -2.14. The molecule has 0 fully saturated rings. The van der Waals surface area contributed by atoms with E-state index in [0.29, 0.717) is 24.0 Å². The maximum atomic E-state index is 5.37. The monoisotopic (exact) mass is 343 g/mol. The van der Waals surface area contributed by atoms with Gasteiger partial charge in [-0.1, -0.05) is 18.2 Å². The van der Waals surface area contributed by atoms with Gasteiger partial charge in [0, 0.05) is 23.9 Å². The molecule has 0 aromatic heterocycles. The van der Waals surface area contributed by atoms with Crippen LogP contribution in [0.15, 0.2) is 47.5 Å². The van der Waals surface area contributed by atoms with Crippen molar-refractivity contribution < 1.29 is 14.2 Å². The molecule has 25 heavy (non-hydrogen) atoms. The Morgan fingerprint density at radius 2 is 1.64 bits per heavy atom. The number of hydrogen-bond acceptors (Lipinski definition) is 4. The lowest BCUT2D eigenvalue weighted by atomic mass is 10.2. The molecule has 0 spiro atoms. The second kappa shape index (κ2) is 9.42. The van der Waals surface area contributed by atoms with Crippen molar-refractivity contribution >= 4 is 11.6 Å². The summed E-state index contributed by atoms with van der Waals surface area (Å²) in [6, 6.07) is 13.5. The zero-order chi connectivity index (χ0) is 18.1. The molecule has 6 heteroatoms. The third kappa shape index (κ3) is 5.04. The van der Waals surface area contributed by atoms with Crippen LogP contribution in [0.3, 0.4) is 0 Å². The van der Waals surface area contributed by atoms with E-state index in [1.165, 1.54) is 0 Å². The van der Waals surface area contributed by atoms with Crippen LogP contribution in [0.5, 0.6) is 17.2 Å². The average molecular weight is 343 g/mol. The van der Waals surface area contributed by atoms with Crippen LogP contribution < -0.4 is 24.8 Å². The molecule has 134 valence electrons. The second-order valence-corrected chi connectivity index (χ2v) is 5.20. The number of guanidine groups is 1. The molecule has 0 aliphatic carbocycles. The summed E-state index contributed by atoms with van der Waals surface area (Å²) in [6.07, 6.45) is 0. The summed E-state index contributed by atoms with van der Waals surface area (Å²) in [6.45, 7) is 3.28. The number of methoxy groups -OCH3 is 3. The average Bonchev–Trinajstić information content (AvgIpc) is 2.66. The van der Waals surface area contributed by atoms with Crippen LogP contribution in [-0.4, -0.2) is 33.8 Å². The highest BCUT2D eigenvalue weighted by molar-refractivity contribution is 5.93. The molecule has 2 aromatic carbocycles. The van der Waals surface area contributed by atoms with Gasteiger partial charge in [-0.25, -0.2) is 4.99 Å². The van der Waals surface area contributed by atoms with Crippen molar-refractivity contribution in [3.05, 3.63) is 48.0 Å². The number of hydrogen-bond donors (Lipinski definition) is 2. The summed E-state index contributed by atoms with van der Waals surface area (Å²) in [5.41, 5.74) is 1.88. The Bertz CT molecular complexity index is 717. The third-order valence-corrected chi connectivity index (χ3v) is 3.59. The summed E-state index contributed by atoms with van der Waals surface area (Å²) in [5, 5.41) is 6.51. The maximum Gasteiger partial charge on any atom is 0.196 e. The van der Waals surface area contributed by atoms with Gasteiger partial charge in [-0.15, -0.1) is 0 Å². The van der Waals surface area contributed by atoms with Crippen molar-refractivity contribution in [1.82, 2.24) is 5.32 Å². The molecule has 0 saturated carbocycles. The number of aliphatic imine (C=N–C) groups is 1. The summed E-state index contributed by atoms with van der Waals surface area (Å²) in [5.74, 6) is 2.85. The predicted octanol–water partition coefficient (Wildman–Crippen LogP) is 3.29. The van der Waals surface area contributed by atoms with Gasteiger partial charge in [-0.2, -0.15) is 0 Å². The number of ether oxygens (including phenoxy) is 3. The summed E-state index contributed by atoms with van der Waals surface area (Å²) in [4.78, 5) is 4.63. The molecule has 6 nitrogen and oxygen atoms in total. The minimum Gasteiger partial charge on any atom is -0.496 e. The molecule has 0 amide bonds. The minimum atomic E-state index is 0.507. The first-order chi connectivity index (χ1) is 12.2. The van der Waals surface area contributed by atoms with Crippen LogP contribution in [0.1, 0.15) is 12.5 Å². The van der Waals surface area contributed by atoms with Crippen LogP contribution in [0.4, 0.5) is 5.69 Å². The van der Waals surface area contributed by atoms with Crippen molar-refractivity contribution in [2.24, 2.45) is 4.99 Å². The van der Waals surface area contributed by atoms with Crippen LogP contribution in [-0.2, 0) is 6.54 Å². The van der Waals surface area contributed by atoms with Gasteiger partial charge in [0.25, 0.3) is 0 Å². The number of anilines is 1. The summed E-state index contributed by atoms with van der Waals surface area (Å²) < 4.78 is 16.0. The molecule has 2 rings (SSSR count). The van der Waals surface area contributed by atoms with Crippen molar-refractivity contribution in [3.8, 4) is 17.2 Å². The number of nitrogens with zero attached hydrogens (tertiary/aromatic N) is 1. The molecule has 0 aliphatic rings. The lowest BCUT2D eigenvalue weighted by Crippen LogP contribution is -2.30. The van der Waals surface area contributed by atoms with Crippen LogP contribution in [0.25, 0.3) is 0 Å². The fourth-order valence-electron chi connectivity index (χ4n) is 2.36. The van der Waals surface area contributed by atoms with E-state index in [1.54, 1.807) is 21.3 Å².